The van der Waals surface area contributed by atoms with Crippen molar-refractivity contribution in [3.05, 3.63) is 29.3 Å². The smallest absolute Gasteiger partial charge is 0.251 e. The van der Waals surface area contributed by atoms with Crippen LogP contribution in [0.15, 0.2) is 18.2 Å². The summed E-state index contributed by atoms with van der Waals surface area (Å²) in [5.41, 5.74) is 7.65. The third-order valence-corrected chi connectivity index (χ3v) is 2.76. The highest BCUT2D eigenvalue weighted by Gasteiger charge is 2.13. The molecule has 1 rings (SSSR count). The van der Waals surface area contributed by atoms with Crippen molar-refractivity contribution in [1.82, 2.24) is 5.32 Å². The number of nitrogens with one attached hydrogen (secondary N) is 2. The normalized spacial score (nSPS) is 11.8. The van der Waals surface area contributed by atoms with Gasteiger partial charge in [0, 0.05) is 18.3 Å². The summed E-state index contributed by atoms with van der Waals surface area (Å²) in [6, 6.07) is 4.61. The molecule has 0 bridgehead atoms. The van der Waals surface area contributed by atoms with Crippen LogP contribution in [0.1, 0.15) is 29.3 Å². The average Bonchev–Trinajstić information content (AvgIpc) is 2.39. The van der Waals surface area contributed by atoms with Crippen LogP contribution < -0.4 is 16.4 Å². The van der Waals surface area contributed by atoms with Crippen LogP contribution in [0.2, 0.25) is 0 Å². The first-order valence-corrected chi connectivity index (χ1v) is 5.88. The molecule has 18 heavy (non-hydrogen) atoms. The summed E-state index contributed by atoms with van der Waals surface area (Å²) in [7, 11) is 1.56. The second-order valence-electron chi connectivity index (χ2n) is 4.11. The third-order valence-electron chi connectivity index (χ3n) is 2.76. The zero-order valence-corrected chi connectivity index (χ0v) is 10.9. The van der Waals surface area contributed by atoms with Gasteiger partial charge in [0.25, 0.3) is 5.91 Å². The quantitative estimate of drug-likeness (QED) is 0.745. The Balaban J connectivity index is 2.94. The first kappa shape index (κ1) is 14.2. The van der Waals surface area contributed by atoms with Gasteiger partial charge in [0.2, 0.25) is 5.91 Å². The van der Waals surface area contributed by atoms with Gasteiger partial charge < -0.3 is 16.4 Å². The minimum atomic E-state index is -0.534. The van der Waals surface area contributed by atoms with E-state index in [9.17, 15) is 9.59 Å². The highest BCUT2D eigenvalue weighted by atomic mass is 16.2. The number of anilines is 1. The van der Waals surface area contributed by atoms with E-state index in [1.165, 1.54) is 0 Å². The minimum absolute atomic E-state index is 0.190. The van der Waals surface area contributed by atoms with Crippen LogP contribution in [0.5, 0.6) is 0 Å². The molecular formula is C13H19N3O2. The predicted molar refractivity (Wildman–Crippen MR) is 71.5 cm³/mol. The molecule has 0 unspecified atom stereocenters. The van der Waals surface area contributed by atoms with E-state index in [2.05, 4.69) is 10.6 Å². The molecule has 0 aromatic heterocycles. The van der Waals surface area contributed by atoms with Crippen LogP contribution in [-0.2, 0) is 4.79 Å². The van der Waals surface area contributed by atoms with E-state index in [1.54, 1.807) is 25.2 Å². The fourth-order valence-electron chi connectivity index (χ4n) is 1.45. The lowest BCUT2D eigenvalue weighted by Gasteiger charge is -2.13. The van der Waals surface area contributed by atoms with Crippen LogP contribution in [0.3, 0.4) is 0 Å². The number of hydrogen-bond acceptors (Lipinski definition) is 3. The number of amides is 2. The predicted octanol–water partition coefficient (Wildman–Crippen LogP) is 1.03. The summed E-state index contributed by atoms with van der Waals surface area (Å²) in [6.07, 6.45) is 0.569. The van der Waals surface area contributed by atoms with Gasteiger partial charge in [-0.1, -0.05) is 13.0 Å². The molecule has 2 amide bonds. The highest BCUT2D eigenvalue weighted by Crippen LogP contribution is 2.17. The lowest BCUT2D eigenvalue weighted by Crippen LogP contribution is -2.35. The van der Waals surface area contributed by atoms with Crippen molar-refractivity contribution in [2.24, 2.45) is 5.73 Å². The standard InChI is InChI=1S/C13H19N3O2/c1-4-10(14)13(18)16-11-7-9(12(17)15-3)6-5-8(11)2/h5-7,10H,4,14H2,1-3H3,(H,15,17)(H,16,18)/t10-/m0/s1. The first-order chi connectivity index (χ1) is 8.49. The SMILES string of the molecule is CC[C@H](N)C(=O)Nc1cc(C(=O)NC)ccc1C. The van der Waals surface area contributed by atoms with Gasteiger partial charge in [0.15, 0.2) is 0 Å². The van der Waals surface area contributed by atoms with Crippen LogP contribution in [-0.4, -0.2) is 24.9 Å². The van der Waals surface area contributed by atoms with Gasteiger partial charge in [-0.15, -0.1) is 0 Å². The first-order valence-electron chi connectivity index (χ1n) is 5.88. The fourth-order valence-corrected chi connectivity index (χ4v) is 1.45. The third kappa shape index (κ3) is 3.30. The van der Waals surface area contributed by atoms with E-state index in [0.717, 1.165) is 5.56 Å². The molecule has 0 saturated carbocycles. The van der Waals surface area contributed by atoms with Crippen LogP contribution in [0.4, 0.5) is 5.69 Å². The van der Waals surface area contributed by atoms with Gasteiger partial charge in [-0.2, -0.15) is 0 Å². The Bertz CT molecular complexity index is 458. The Morgan fingerprint density at radius 2 is 2.06 bits per heavy atom. The average molecular weight is 249 g/mol. The van der Waals surface area contributed by atoms with E-state index in [-0.39, 0.29) is 11.8 Å². The van der Waals surface area contributed by atoms with Crippen LogP contribution >= 0.6 is 0 Å². The summed E-state index contributed by atoms with van der Waals surface area (Å²) in [5.74, 6) is -0.431. The van der Waals surface area contributed by atoms with Crippen molar-refractivity contribution in [3.8, 4) is 0 Å². The maximum absolute atomic E-state index is 11.7. The van der Waals surface area contributed by atoms with Crippen LogP contribution in [0, 0.1) is 6.92 Å². The summed E-state index contributed by atoms with van der Waals surface area (Å²) < 4.78 is 0. The van der Waals surface area contributed by atoms with E-state index in [4.69, 9.17) is 5.73 Å². The molecule has 5 heteroatoms. The number of carbonyl (C=O) groups excluding carboxylic acids is 2. The minimum Gasteiger partial charge on any atom is -0.355 e. The Morgan fingerprint density at radius 1 is 1.39 bits per heavy atom. The zero-order valence-electron chi connectivity index (χ0n) is 10.9. The van der Waals surface area contributed by atoms with Gasteiger partial charge in [0.05, 0.1) is 6.04 Å². The molecule has 5 nitrogen and oxygen atoms in total. The second kappa shape index (κ2) is 6.16. The van der Waals surface area contributed by atoms with Gasteiger partial charge in [-0.05, 0) is 31.0 Å². The van der Waals surface area contributed by atoms with Gasteiger partial charge in [-0.25, -0.2) is 0 Å². The number of aryl methyl sites for hydroxylation is 1. The molecule has 0 aliphatic heterocycles. The molecule has 4 N–H and O–H groups in total. The number of hydrogen-bond donors (Lipinski definition) is 3. The molecule has 0 radical (unpaired) electrons. The number of nitrogens with two attached hydrogens (primary N) is 1. The Morgan fingerprint density at radius 3 is 2.61 bits per heavy atom. The number of benzene rings is 1. The second-order valence-corrected chi connectivity index (χ2v) is 4.11. The van der Waals surface area contributed by atoms with Crippen molar-refractivity contribution < 1.29 is 9.59 Å². The molecule has 1 atom stereocenters. The molecule has 1 aromatic carbocycles. The maximum Gasteiger partial charge on any atom is 0.251 e. The van der Waals surface area contributed by atoms with Crippen LogP contribution in [0.25, 0.3) is 0 Å². The van der Waals surface area contributed by atoms with Crippen molar-refractivity contribution >= 4 is 17.5 Å². The zero-order chi connectivity index (χ0) is 13.7. The number of carbonyl (C=O) groups is 2. The van der Waals surface area contributed by atoms with E-state index in [1.807, 2.05) is 13.8 Å². The van der Waals surface area contributed by atoms with Crippen molar-refractivity contribution in [3.63, 3.8) is 0 Å². The number of rotatable bonds is 4. The van der Waals surface area contributed by atoms with Gasteiger partial charge in [-0.3, -0.25) is 9.59 Å². The maximum atomic E-state index is 11.7. The highest BCUT2D eigenvalue weighted by molar-refractivity contribution is 5.99. The van der Waals surface area contributed by atoms with E-state index >= 15 is 0 Å². The molecule has 0 spiro atoms. The van der Waals surface area contributed by atoms with Crippen molar-refractivity contribution in [2.75, 3.05) is 12.4 Å². The van der Waals surface area contributed by atoms with Gasteiger partial charge >= 0.3 is 0 Å². The molecule has 0 heterocycles. The Labute approximate surface area is 107 Å². The van der Waals surface area contributed by atoms with Crippen molar-refractivity contribution in [1.29, 1.82) is 0 Å². The lowest BCUT2D eigenvalue weighted by molar-refractivity contribution is -0.117. The fraction of sp³-hybridized carbons (Fsp3) is 0.385. The molecule has 0 fully saturated rings. The summed E-state index contributed by atoms with van der Waals surface area (Å²) >= 11 is 0. The van der Waals surface area contributed by atoms with E-state index < -0.39 is 6.04 Å². The summed E-state index contributed by atoms with van der Waals surface area (Å²) in [5, 5.41) is 5.28. The monoisotopic (exact) mass is 249 g/mol. The summed E-state index contributed by atoms with van der Waals surface area (Å²) in [6.45, 7) is 3.71. The lowest BCUT2D eigenvalue weighted by atomic mass is 10.1. The topological polar surface area (TPSA) is 84.2 Å². The Kier molecular flexibility index (Phi) is 4.85. The van der Waals surface area contributed by atoms with Crippen molar-refractivity contribution in [2.45, 2.75) is 26.3 Å². The molecule has 0 aliphatic carbocycles. The van der Waals surface area contributed by atoms with E-state index in [0.29, 0.717) is 17.7 Å². The summed E-state index contributed by atoms with van der Waals surface area (Å²) in [4.78, 5) is 23.2. The molecule has 0 saturated heterocycles. The van der Waals surface area contributed by atoms with Gasteiger partial charge in [0.1, 0.15) is 0 Å². The Hall–Kier alpha value is -1.88. The molecule has 98 valence electrons. The molecular weight excluding hydrogens is 230 g/mol. The molecule has 1 aromatic rings. The molecule has 0 aliphatic rings. The largest absolute Gasteiger partial charge is 0.355 e.